The van der Waals surface area contributed by atoms with E-state index in [0.29, 0.717) is 5.56 Å². The van der Waals surface area contributed by atoms with Crippen molar-refractivity contribution in [3.8, 4) is 0 Å². The van der Waals surface area contributed by atoms with Crippen molar-refractivity contribution in [2.75, 3.05) is 0 Å². The van der Waals surface area contributed by atoms with Gasteiger partial charge < -0.3 is 10.4 Å². The first-order valence-corrected chi connectivity index (χ1v) is 7.94. The van der Waals surface area contributed by atoms with Crippen LogP contribution in [0.25, 0.3) is 0 Å². The molecular weight excluding hydrogens is 346 g/mol. The molecule has 0 fully saturated rings. The summed E-state index contributed by atoms with van der Waals surface area (Å²) in [7, 11) is -4.64. The van der Waals surface area contributed by atoms with Crippen molar-refractivity contribution in [2.24, 2.45) is 0 Å². The molecule has 132 valence electrons. The van der Waals surface area contributed by atoms with Crippen LogP contribution >= 0.6 is 0 Å². The maximum atomic E-state index is 11.9. The molecule has 24 heavy (non-hydrogen) atoms. The van der Waals surface area contributed by atoms with Gasteiger partial charge in [-0.2, -0.15) is 13.1 Å². The minimum atomic E-state index is -4.64. The third-order valence-corrected chi connectivity index (χ3v) is 3.60. The number of nitrogens with one attached hydrogen (secondary N) is 2. The quantitative estimate of drug-likeness (QED) is 0.272. The first-order chi connectivity index (χ1) is 11.0. The van der Waals surface area contributed by atoms with Gasteiger partial charge in [0.2, 0.25) is 5.91 Å². The Labute approximate surface area is 136 Å². The number of benzene rings is 1. The SMILES string of the molecule is C[C@H](NS(=O)(=O)O)[C@H](NC(=O)Cc1ccc([N+](=O)[O-])cc1)C(=O)O. The van der Waals surface area contributed by atoms with Gasteiger partial charge in [0.05, 0.1) is 17.4 Å². The molecule has 0 unspecified atom stereocenters. The first kappa shape index (κ1) is 19.5. The molecule has 0 bridgehead atoms. The van der Waals surface area contributed by atoms with Crippen molar-refractivity contribution >= 4 is 27.9 Å². The zero-order chi connectivity index (χ0) is 18.5. The molecule has 0 aliphatic heterocycles. The standard InChI is InChI=1S/C12H15N3O8S/c1-7(14-24(21,22)23)11(12(17)18)13-10(16)6-8-2-4-9(5-3-8)15(19)20/h2-5,7,11,14H,6H2,1H3,(H,13,16)(H,17,18)(H,21,22,23)/t7-,11-/m0/s1. The average molecular weight is 361 g/mol. The van der Waals surface area contributed by atoms with Crippen LogP contribution < -0.4 is 10.0 Å². The van der Waals surface area contributed by atoms with Gasteiger partial charge >= 0.3 is 16.3 Å². The summed E-state index contributed by atoms with van der Waals surface area (Å²) in [6, 6.07) is 2.15. The fraction of sp³-hybridized carbons (Fsp3) is 0.333. The minimum absolute atomic E-state index is 0.159. The molecule has 0 aliphatic carbocycles. The van der Waals surface area contributed by atoms with Crippen LogP contribution in [0, 0.1) is 10.1 Å². The van der Waals surface area contributed by atoms with Gasteiger partial charge in [0.1, 0.15) is 6.04 Å². The number of aliphatic carboxylic acids is 1. The van der Waals surface area contributed by atoms with E-state index >= 15 is 0 Å². The van der Waals surface area contributed by atoms with Crippen molar-refractivity contribution in [1.29, 1.82) is 0 Å². The van der Waals surface area contributed by atoms with Crippen molar-refractivity contribution in [3.05, 3.63) is 39.9 Å². The summed E-state index contributed by atoms with van der Waals surface area (Å²) in [5.74, 6) is -2.24. The lowest BCUT2D eigenvalue weighted by Crippen LogP contribution is -2.54. The molecular formula is C12H15N3O8S. The summed E-state index contributed by atoms with van der Waals surface area (Å²) in [6.45, 7) is 1.15. The number of nitro groups is 1. The number of rotatable bonds is 8. The van der Waals surface area contributed by atoms with Crippen molar-refractivity contribution in [1.82, 2.24) is 10.0 Å². The Morgan fingerprint density at radius 3 is 2.25 bits per heavy atom. The van der Waals surface area contributed by atoms with E-state index in [1.165, 1.54) is 24.3 Å². The van der Waals surface area contributed by atoms with Crippen LogP contribution in [0.2, 0.25) is 0 Å². The summed E-state index contributed by atoms with van der Waals surface area (Å²) >= 11 is 0. The summed E-state index contributed by atoms with van der Waals surface area (Å²) < 4.78 is 31.7. The van der Waals surface area contributed by atoms with Crippen molar-refractivity contribution < 1.29 is 32.6 Å². The van der Waals surface area contributed by atoms with E-state index < -0.39 is 39.2 Å². The lowest BCUT2D eigenvalue weighted by atomic mass is 10.1. The predicted molar refractivity (Wildman–Crippen MR) is 80.5 cm³/mol. The highest BCUT2D eigenvalue weighted by molar-refractivity contribution is 7.83. The van der Waals surface area contributed by atoms with E-state index in [4.69, 9.17) is 9.66 Å². The van der Waals surface area contributed by atoms with Gasteiger partial charge in [-0.25, -0.2) is 4.79 Å². The fourth-order valence-electron chi connectivity index (χ4n) is 1.85. The number of nitro benzene ring substituents is 1. The summed E-state index contributed by atoms with van der Waals surface area (Å²) in [4.78, 5) is 32.9. The van der Waals surface area contributed by atoms with Crippen LogP contribution in [-0.4, -0.2) is 47.0 Å². The maximum absolute atomic E-state index is 11.9. The van der Waals surface area contributed by atoms with E-state index in [1.54, 1.807) is 4.72 Å². The Kier molecular flexibility index (Phi) is 6.34. The summed E-state index contributed by atoms with van der Waals surface area (Å²) in [5.41, 5.74) is 0.242. The molecule has 0 radical (unpaired) electrons. The lowest BCUT2D eigenvalue weighted by Gasteiger charge is -2.21. The Balaban J connectivity index is 2.75. The van der Waals surface area contributed by atoms with Gasteiger partial charge in [-0.05, 0) is 12.5 Å². The Morgan fingerprint density at radius 2 is 1.83 bits per heavy atom. The van der Waals surface area contributed by atoms with Gasteiger partial charge in [0.15, 0.2) is 0 Å². The monoisotopic (exact) mass is 361 g/mol. The van der Waals surface area contributed by atoms with E-state index in [-0.39, 0.29) is 12.1 Å². The second kappa shape index (κ2) is 7.81. The van der Waals surface area contributed by atoms with Gasteiger partial charge in [-0.15, -0.1) is 0 Å². The topological polar surface area (TPSA) is 176 Å². The van der Waals surface area contributed by atoms with Gasteiger partial charge in [0.25, 0.3) is 5.69 Å². The van der Waals surface area contributed by atoms with Crippen LogP contribution in [0.15, 0.2) is 24.3 Å². The molecule has 0 spiro atoms. The smallest absolute Gasteiger partial charge is 0.333 e. The molecule has 1 amide bonds. The number of carbonyl (C=O) groups excluding carboxylic acids is 1. The molecule has 0 heterocycles. The minimum Gasteiger partial charge on any atom is -0.480 e. The highest BCUT2D eigenvalue weighted by Crippen LogP contribution is 2.12. The zero-order valence-corrected chi connectivity index (χ0v) is 13.2. The normalized spacial score (nSPS) is 13.8. The van der Waals surface area contributed by atoms with E-state index in [0.717, 1.165) is 6.92 Å². The molecule has 0 saturated carbocycles. The summed E-state index contributed by atoms with van der Waals surface area (Å²) in [5, 5.41) is 21.7. The van der Waals surface area contributed by atoms with Crippen LogP contribution in [-0.2, 0) is 26.3 Å². The van der Waals surface area contributed by atoms with E-state index in [2.05, 4.69) is 5.32 Å². The number of nitrogens with zero attached hydrogens (tertiary/aromatic N) is 1. The van der Waals surface area contributed by atoms with Crippen LogP contribution in [0.3, 0.4) is 0 Å². The highest BCUT2D eigenvalue weighted by Gasteiger charge is 2.29. The second-order valence-electron chi connectivity index (χ2n) is 4.87. The number of carbonyl (C=O) groups is 2. The largest absolute Gasteiger partial charge is 0.480 e. The van der Waals surface area contributed by atoms with Crippen LogP contribution in [0.1, 0.15) is 12.5 Å². The Bertz CT molecular complexity index is 731. The maximum Gasteiger partial charge on any atom is 0.333 e. The molecule has 4 N–H and O–H groups in total. The molecule has 0 aromatic heterocycles. The average Bonchev–Trinajstić information content (AvgIpc) is 2.43. The number of amides is 1. The summed E-state index contributed by atoms with van der Waals surface area (Å²) in [6.07, 6.45) is -0.264. The molecule has 2 atom stereocenters. The predicted octanol–water partition coefficient (Wildman–Crippen LogP) is -0.512. The lowest BCUT2D eigenvalue weighted by molar-refractivity contribution is -0.384. The van der Waals surface area contributed by atoms with E-state index in [9.17, 15) is 28.1 Å². The van der Waals surface area contributed by atoms with Crippen molar-refractivity contribution in [2.45, 2.75) is 25.4 Å². The fourth-order valence-corrected chi connectivity index (χ4v) is 2.45. The highest BCUT2D eigenvalue weighted by atomic mass is 32.2. The number of non-ortho nitro benzene ring substituents is 1. The number of carboxylic acids is 1. The number of hydrogen-bond donors (Lipinski definition) is 4. The molecule has 1 aromatic carbocycles. The Hall–Kier alpha value is -2.57. The molecule has 1 rings (SSSR count). The number of carboxylic acid groups (broad SMARTS) is 1. The number of hydrogen-bond acceptors (Lipinski definition) is 6. The second-order valence-corrected chi connectivity index (χ2v) is 6.05. The van der Waals surface area contributed by atoms with Gasteiger partial charge in [0, 0.05) is 12.1 Å². The van der Waals surface area contributed by atoms with Gasteiger partial charge in [-0.3, -0.25) is 19.5 Å². The zero-order valence-electron chi connectivity index (χ0n) is 12.4. The third kappa shape index (κ3) is 6.28. The van der Waals surface area contributed by atoms with Gasteiger partial charge in [-0.1, -0.05) is 12.1 Å². The molecule has 0 aliphatic rings. The molecule has 1 aromatic rings. The van der Waals surface area contributed by atoms with E-state index in [1.807, 2.05) is 0 Å². The molecule has 12 heteroatoms. The first-order valence-electron chi connectivity index (χ1n) is 6.50. The molecule has 11 nitrogen and oxygen atoms in total. The van der Waals surface area contributed by atoms with Crippen LogP contribution in [0.5, 0.6) is 0 Å². The molecule has 0 saturated heterocycles. The third-order valence-electron chi connectivity index (χ3n) is 2.93. The van der Waals surface area contributed by atoms with Crippen LogP contribution in [0.4, 0.5) is 5.69 Å². The van der Waals surface area contributed by atoms with Crippen molar-refractivity contribution in [3.63, 3.8) is 0 Å². The Morgan fingerprint density at radius 1 is 1.29 bits per heavy atom.